The van der Waals surface area contributed by atoms with Gasteiger partial charge in [0.15, 0.2) is 0 Å². The van der Waals surface area contributed by atoms with Crippen molar-refractivity contribution in [1.29, 1.82) is 0 Å². The van der Waals surface area contributed by atoms with Crippen molar-refractivity contribution >= 4 is 34.9 Å². The van der Waals surface area contributed by atoms with Crippen molar-refractivity contribution in [3.05, 3.63) is 120 Å². The number of rotatable bonds is 12. The van der Waals surface area contributed by atoms with Crippen LogP contribution in [-0.4, -0.2) is 31.6 Å². The van der Waals surface area contributed by atoms with Crippen LogP contribution in [0.1, 0.15) is 12.0 Å². The molecule has 3 amide bonds. The number of halogens is 1. The van der Waals surface area contributed by atoms with E-state index in [1.807, 2.05) is 84.9 Å². The molecule has 7 nitrogen and oxygen atoms in total. The Balaban J connectivity index is 1.32. The van der Waals surface area contributed by atoms with Gasteiger partial charge < -0.3 is 20.1 Å². The molecule has 0 radical (unpaired) electrons. The van der Waals surface area contributed by atoms with Gasteiger partial charge in [0.25, 0.3) is 0 Å². The quantitative estimate of drug-likeness (QED) is 0.191. The topological polar surface area (TPSA) is 79.9 Å². The van der Waals surface area contributed by atoms with Crippen molar-refractivity contribution in [3.63, 3.8) is 0 Å². The first-order valence-electron chi connectivity index (χ1n) is 12.6. The van der Waals surface area contributed by atoms with Gasteiger partial charge in [-0.15, -0.1) is 0 Å². The Morgan fingerprint density at radius 1 is 0.769 bits per heavy atom. The number of amides is 3. The fourth-order valence-electron chi connectivity index (χ4n) is 3.74. The van der Waals surface area contributed by atoms with Crippen molar-refractivity contribution in [1.82, 2.24) is 5.32 Å². The zero-order chi connectivity index (χ0) is 27.3. The first-order chi connectivity index (χ1) is 19.1. The number of anilines is 2. The molecule has 0 heterocycles. The predicted molar refractivity (Wildman–Crippen MR) is 154 cm³/mol. The van der Waals surface area contributed by atoms with Crippen LogP contribution in [0.2, 0.25) is 5.02 Å². The van der Waals surface area contributed by atoms with E-state index in [2.05, 4.69) is 10.6 Å². The minimum atomic E-state index is -0.299. The van der Waals surface area contributed by atoms with E-state index in [1.54, 1.807) is 29.2 Å². The second-order valence-corrected chi connectivity index (χ2v) is 9.12. The lowest BCUT2D eigenvalue weighted by Crippen LogP contribution is -2.37. The molecule has 4 aromatic carbocycles. The molecule has 2 N–H and O–H groups in total. The highest BCUT2D eigenvalue weighted by molar-refractivity contribution is 6.30. The summed E-state index contributed by atoms with van der Waals surface area (Å²) in [5, 5.41) is 6.34. The SMILES string of the molecule is O=C(COCc1ccccc1)NCCCN(C(=O)Nc1ccc(Cl)cc1)c1ccc(Oc2ccccc2)cc1. The number of carbonyl (C=O) groups excluding carboxylic acids is 2. The molecule has 39 heavy (non-hydrogen) atoms. The van der Waals surface area contributed by atoms with Crippen molar-refractivity contribution in [3.8, 4) is 11.5 Å². The highest BCUT2D eigenvalue weighted by atomic mass is 35.5. The van der Waals surface area contributed by atoms with E-state index in [-0.39, 0.29) is 18.5 Å². The maximum absolute atomic E-state index is 13.2. The highest BCUT2D eigenvalue weighted by Crippen LogP contribution is 2.25. The molecule has 0 aliphatic carbocycles. The van der Waals surface area contributed by atoms with Gasteiger partial charge in [-0.2, -0.15) is 0 Å². The van der Waals surface area contributed by atoms with Crippen molar-refractivity contribution in [2.45, 2.75) is 13.0 Å². The van der Waals surface area contributed by atoms with E-state index in [1.165, 1.54) is 0 Å². The Morgan fingerprint density at radius 3 is 2.10 bits per heavy atom. The van der Waals surface area contributed by atoms with Gasteiger partial charge in [-0.25, -0.2) is 4.79 Å². The number of hydrogen-bond donors (Lipinski definition) is 2. The van der Waals surface area contributed by atoms with Crippen LogP contribution in [0.4, 0.5) is 16.2 Å². The maximum atomic E-state index is 13.2. The number of urea groups is 1. The van der Waals surface area contributed by atoms with E-state index in [0.717, 1.165) is 11.3 Å². The molecule has 0 atom stereocenters. The molecule has 0 aliphatic rings. The zero-order valence-electron chi connectivity index (χ0n) is 21.4. The summed E-state index contributed by atoms with van der Waals surface area (Å²) in [5.41, 5.74) is 2.33. The molecule has 0 saturated carbocycles. The van der Waals surface area contributed by atoms with E-state index >= 15 is 0 Å². The van der Waals surface area contributed by atoms with Gasteiger partial charge in [0.05, 0.1) is 6.61 Å². The van der Waals surface area contributed by atoms with Gasteiger partial charge in [-0.1, -0.05) is 60.1 Å². The van der Waals surface area contributed by atoms with Crippen molar-refractivity contribution < 1.29 is 19.1 Å². The summed E-state index contributed by atoms with van der Waals surface area (Å²) in [6.45, 7) is 1.12. The number of benzene rings is 4. The first kappa shape index (κ1) is 27.7. The van der Waals surface area contributed by atoms with Crippen molar-refractivity contribution in [2.75, 3.05) is 29.9 Å². The molecule has 0 fully saturated rings. The standard InChI is InChI=1S/C31H30ClN3O4/c32-25-12-14-26(15-13-25)34-31(37)35(27-16-18-29(19-17-27)39-28-10-5-2-6-11-28)21-7-20-33-30(36)23-38-22-24-8-3-1-4-9-24/h1-6,8-19H,7,20-23H2,(H,33,36)(H,34,37). The molecular formula is C31H30ClN3O4. The average molecular weight is 544 g/mol. The molecular weight excluding hydrogens is 514 g/mol. The Kier molecular flexibility index (Phi) is 10.3. The van der Waals surface area contributed by atoms with E-state index in [4.69, 9.17) is 21.1 Å². The van der Waals surface area contributed by atoms with Crippen LogP contribution in [0.15, 0.2) is 109 Å². The third-order valence-corrected chi connectivity index (χ3v) is 5.95. The van der Waals surface area contributed by atoms with Gasteiger partial charge in [-0.3, -0.25) is 9.69 Å². The lowest BCUT2D eigenvalue weighted by Gasteiger charge is -2.24. The fourth-order valence-corrected chi connectivity index (χ4v) is 3.87. The van der Waals surface area contributed by atoms with Crippen LogP contribution >= 0.6 is 11.6 Å². The number of para-hydroxylation sites is 1. The molecule has 0 aromatic heterocycles. The number of carbonyl (C=O) groups is 2. The normalized spacial score (nSPS) is 10.5. The van der Waals surface area contributed by atoms with Crippen LogP contribution in [0.25, 0.3) is 0 Å². The molecule has 4 rings (SSSR count). The Hall–Kier alpha value is -4.33. The smallest absolute Gasteiger partial charge is 0.326 e. The molecule has 200 valence electrons. The maximum Gasteiger partial charge on any atom is 0.326 e. The fraction of sp³-hybridized carbons (Fsp3) is 0.161. The van der Waals surface area contributed by atoms with Crippen LogP contribution in [0.3, 0.4) is 0 Å². The van der Waals surface area contributed by atoms with E-state index < -0.39 is 0 Å². The molecule has 0 saturated heterocycles. The van der Waals surface area contributed by atoms with Gasteiger partial charge in [0, 0.05) is 29.5 Å². The summed E-state index contributed by atoms with van der Waals surface area (Å²) in [4.78, 5) is 27.0. The Bertz CT molecular complexity index is 1320. The van der Waals surface area contributed by atoms with Gasteiger partial charge in [-0.05, 0) is 72.6 Å². The summed E-state index contributed by atoms with van der Waals surface area (Å²) < 4.78 is 11.4. The third-order valence-electron chi connectivity index (χ3n) is 5.69. The Labute approximate surface area is 233 Å². The lowest BCUT2D eigenvalue weighted by atomic mass is 10.2. The molecule has 8 heteroatoms. The first-order valence-corrected chi connectivity index (χ1v) is 13.0. The Morgan fingerprint density at radius 2 is 1.41 bits per heavy atom. The molecule has 0 aliphatic heterocycles. The monoisotopic (exact) mass is 543 g/mol. The van der Waals surface area contributed by atoms with Crippen LogP contribution < -0.4 is 20.3 Å². The summed E-state index contributed by atoms with van der Waals surface area (Å²) >= 11 is 5.97. The van der Waals surface area contributed by atoms with E-state index in [9.17, 15) is 9.59 Å². The summed E-state index contributed by atoms with van der Waals surface area (Å²) in [7, 11) is 0. The minimum absolute atomic E-state index is 0.0292. The van der Waals surface area contributed by atoms with Gasteiger partial charge in [0.1, 0.15) is 18.1 Å². The second-order valence-electron chi connectivity index (χ2n) is 8.68. The number of nitrogens with zero attached hydrogens (tertiary/aromatic N) is 1. The van der Waals surface area contributed by atoms with Crippen molar-refractivity contribution in [2.24, 2.45) is 0 Å². The number of hydrogen-bond acceptors (Lipinski definition) is 4. The summed E-state index contributed by atoms with van der Waals surface area (Å²) in [6, 6.07) is 33.1. The molecule has 0 bridgehead atoms. The summed E-state index contributed by atoms with van der Waals surface area (Å²) in [6.07, 6.45) is 0.542. The predicted octanol–water partition coefficient (Wildman–Crippen LogP) is 6.89. The summed E-state index contributed by atoms with van der Waals surface area (Å²) in [5.74, 6) is 1.18. The number of ether oxygens (including phenoxy) is 2. The third kappa shape index (κ3) is 9.17. The minimum Gasteiger partial charge on any atom is -0.457 e. The van der Waals surface area contributed by atoms with Crippen LogP contribution in [0, 0.1) is 0 Å². The van der Waals surface area contributed by atoms with Crippen LogP contribution in [0.5, 0.6) is 11.5 Å². The number of nitrogens with one attached hydrogen (secondary N) is 2. The van der Waals surface area contributed by atoms with Crippen LogP contribution in [-0.2, 0) is 16.1 Å². The lowest BCUT2D eigenvalue weighted by molar-refractivity contribution is -0.126. The molecule has 0 spiro atoms. The molecule has 0 unspecified atom stereocenters. The zero-order valence-corrected chi connectivity index (χ0v) is 22.1. The average Bonchev–Trinajstić information content (AvgIpc) is 2.96. The largest absolute Gasteiger partial charge is 0.457 e. The second kappa shape index (κ2) is 14.6. The van der Waals surface area contributed by atoms with Gasteiger partial charge in [0.2, 0.25) is 5.91 Å². The highest BCUT2D eigenvalue weighted by Gasteiger charge is 2.16. The van der Waals surface area contributed by atoms with E-state index in [0.29, 0.717) is 48.3 Å². The molecule has 4 aromatic rings. The van der Waals surface area contributed by atoms with Gasteiger partial charge >= 0.3 is 6.03 Å².